The van der Waals surface area contributed by atoms with E-state index < -0.39 is 5.91 Å². The molecule has 3 N–H and O–H groups in total. The number of rotatable bonds is 5. The van der Waals surface area contributed by atoms with E-state index in [0.29, 0.717) is 11.7 Å². The first-order chi connectivity index (χ1) is 7.54. The first kappa shape index (κ1) is 12.4. The van der Waals surface area contributed by atoms with Gasteiger partial charge >= 0.3 is 0 Å². The molecule has 0 atom stereocenters. The standard InChI is InChI=1S/C12H18N2O2/c1-8(2)9-4-5-11(16-3)10(6-9)14-7-12(13)15/h4-6,8,14H,7H2,1-3H3,(H2,13,15). The number of hydrogen-bond acceptors (Lipinski definition) is 3. The lowest BCUT2D eigenvalue weighted by Crippen LogP contribution is -2.22. The lowest BCUT2D eigenvalue weighted by atomic mass is 10.0. The van der Waals surface area contributed by atoms with Gasteiger partial charge in [0.15, 0.2) is 0 Å². The molecule has 0 aliphatic heterocycles. The molecule has 0 spiro atoms. The Morgan fingerprint density at radius 1 is 1.50 bits per heavy atom. The van der Waals surface area contributed by atoms with E-state index in [0.717, 1.165) is 5.69 Å². The summed E-state index contributed by atoms with van der Waals surface area (Å²) < 4.78 is 5.20. The van der Waals surface area contributed by atoms with Crippen molar-refractivity contribution in [2.75, 3.05) is 19.0 Å². The number of carbonyl (C=O) groups is 1. The van der Waals surface area contributed by atoms with Crippen LogP contribution in [0.2, 0.25) is 0 Å². The number of ether oxygens (including phenoxy) is 1. The predicted octanol–water partition coefficient (Wildman–Crippen LogP) is 1.72. The molecule has 1 aromatic carbocycles. The van der Waals surface area contributed by atoms with Crippen molar-refractivity contribution in [1.29, 1.82) is 0 Å². The second-order valence-electron chi connectivity index (χ2n) is 3.93. The first-order valence-electron chi connectivity index (χ1n) is 5.24. The van der Waals surface area contributed by atoms with Gasteiger partial charge in [0.2, 0.25) is 5.91 Å². The maximum absolute atomic E-state index is 10.7. The van der Waals surface area contributed by atoms with Crippen molar-refractivity contribution in [3.8, 4) is 5.75 Å². The minimum Gasteiger partial charge on any atom is -0.495 e. The van der Waals surface area contributed by atoms with E-state index in [9.17, 15) is 4.79 Å². The van der Waals surface area contributed by atoms with Crippen LogP contribution < -0.4 is 15.8 Å². The second-order valence-corrected chi connectivity index (χ2v) is 3.93. The fourth-order valence-corrected chi connectivity index (χ4v) is 1.41. The number of hydrogen-bond donors (Lipinski definition) is 2. The molecule has 0 bridgehead atoms. The molecule has 4 nitrogen and oxygen atoms in total. The molecule has 16 heavy (non-hydrogen) atoms. The molecule has 0 radical (unpaired) electrons. The third-order valence-electron chi connectivity index (χ3n) is 2.34. The van der Waals surface area contributed by atoms with Crippen molar-refractivity contribution >= 4 is 11.6 Å². The van der Waals surface area contributed by atoms with Crippen LogP contribution in [0.5, 0.6) is 5.75 Å². The number of nitrogens with one attached hydrogen (secondary N) is 1. The number of anilines is 1. The summed E-state index contributed by atoms with van der Waals surface area (Å²) in [4.78, 5) is 10.7. The van der Waals surface area contributed by atoms with E-state index in [2.05, 4.69) is 19.2 Å². The van der Waals surface area contributed by atoms with E-state index in [4.69, 9.17) is 10.5 Å². The molecule has 0 unspecified atom stereocenters. The van der Waals surface area contributed by atoms with E-state index in [1.54, 1.807) is 7.11 Å². The molecule has 1 amide bonds. The highest BCUT2D eigenvalue weighted by atomic mass is 16.5. The van der Waals surface area contributed by atoms with Crippen LogP contribution in [0, 0.1) is 0 Å². The van der Waals surface area contributed by atoms with Crippen LogP contribution in [0.4, 0.5) is 5.69 Å². The molecule has 0 saturated carbocycles. The van der Waals surface area contributed by atoms with Gasteiger partial charge in [-0.1, -0.05) is 19.9 Å². The van der Waals surface area contributed by atoms with E-state index >= 15 is 0 Å². The monoisotopic (exact) mass is 222 g/mol. The lowest BCUT2D eigenvalue weighted by molar-refractivity contribution is -0.116. The number of primary amides is 1. The van der Waals surface area contributed by atoms with Gasteiger partial charge in [-0.15, -0.1) is 0 Å². The molecular weight excluding hydrogens is 204 g/mol. The summed E-state index contributed by atoms with van der Waals surface area (Å²) in [7, 11) is 1.60. The minimum absolute atomic E-state index is 0.109. The van der Waals surface area contributed by atoms with Crippen LogP contribution in [0.3, 0.4) is 0 Å². The molecule has 0 heterocycles. The Bertz CT molecular complexity index is 375. The number of benzene rings is 1. The number of methoxy groups -OCH3 is 1. The van der Waals surface area contributed by atoms with Crippen molar-refractivity contribution in [1.82, 2.24) is 0 Å². The van der Waals surface area contributed by atoms with Gasteiger partial charge in [0.05, 0.1) is 19.3 Å². The summed E-state index contributed by atoms with van der Waals surface area (Å²) in [5.74, 6) is 0.752. The number of amides is 1. The van der Waals surface area contributed by atoms with Crippen LogP contribution in [0.1, 0.15) is 25.3 Å². The molecule has 0 aliphatic carbocycles. The Balaban J connectivity index is 2.92. The zero-order valence-electron chi connectivity index (χ0n) is 9.91. The van der Waals surface area contributed by atoms with Crippen LogP contribution in [-0.2, 0) is 4.79 Å². The minimum atomic E-state index is -0.392. The molecule has 1 rings (SSSR count). The summed E-state index contributed by atoms with van der Waals surface area (Å²) in [6, 6.07) is 5.88. The van der Waals surface area contributed by atoms with Crippen molar-refractivity contribution in [2.45, 2.75) is 19.8 Å². The topological polar surface area (TPSA) is 64.3 Å². The van der Waals surface area contributed by atoms with Crippen LogP contribution in [0.15, 0.2) is 18.2 Å². The number of nitrogens with two attached hydrogens (primary N) is 1. The molecule has 1 aromatic rings. The molecule has 0 aliphatic rings. The van der Waals surface area contributed by atoms with Gasteiger partial charge in [-0.2, -0.15) is 0 Å². The molecule has 4 heteroatoms. The summed E-state index contributed by atoms with van der Waals surface area (Å²) in [5, 5.41) is 2.96. The van der Waals surface area contributed by atoms with Crippen molar-refractivity contribution in [3.05, 3.63) is 23.8 Å². The zero-order chi connectivity index (χ0) is 12.1. The summed E-state index contributed by atoms with van der Waals surface area (Å²) in [6.45, 7) is 4.33. The Kier molecular flexibility index (Phi) is 4.17. The first-order valence-corrected chi connectivity index (χ1v) is 5.24. The van der Waals surface area contributed by atoms with Gasteiger partial charge in [0.25, 0.3) is 0 Å². The highest BCUT2D eigenvalue weighted by Crippen LogP contribution is 2.28. The Morgan fingerprint density at radius 3 is 2.69 bits per heavy atom. The normalized spacial score (nSPS) is 10.2. The molecule has 0 saturated heterocycles. The van der Waals surface area contributed by atoms with Crippen molar-refractivity contribution in [3.63, 3.8) is 0 Å². The lowest BCUT2D eigenvalue weighted by Gasteiger charge is -2.13. The fraction of sp³-hybridized carbons (Fsp3) is 0.417. The average molecular weight is 222 g/mol. The van der Waals surface area contributed by atoms with Crippen LogP contribution in [0.25, 0.3) is 0 Å². The third kappa shape index (κ3) is 3.15. The Morgan fingerprint density at radius 2 is 2.19 bits per heavy atom. The molecule has 0 aromatic heterocycles. The van der Waals surface area contributed by atoms with E-state index in [-0.39, 0.29) is 6.54 Å². The zero-order valence-corrected chi connectivity index (χ0v) is 9.91. The predicted molar refractivity (Wildman–Crippen MR) is 64.8 cm³/mol. The third-order valence-corrected chi connectivity index (χ3v) is 2.34. The van der Waals surface area contributed by atoms with Gasteiger partial charge < -0.3 is 15.8 Å². The second kappa shape index (κ2) is 5.39. The van der Waals surface area contributed by atoms with Gasteiger partial charge in [-0.25, -0.2) is 0 Å². The van der Waals surface area contributed by atoms with Gasteiger partial charge in [0.1, 0.15) is 5.75 Å². The molecular formula is C12H18N2O2. The van der Waals surface area contributed by atoms with Crippen LogP contribution >= 0.6 is 0 Å². The largest absolute Gasteiger partial charge is 0.495 e. The fourth-order valence-electron chi connectivity index (χ4n) is 1.41. The highest BCUT2D eigenvalue weighted by molar-refractivity contribution is 5.79. The maximum Gasteiger partial charge on any atom is 0.236 e. The quantitative estimate of drug-likeness (QED) is 0.797. The number of carbonyl (C=O) groups excluding carboxylic acids is 1. The van der Waals surface area contributed by atoms with Crippen molar-refractivity contribution < 1.29 is 9.53 Å². The highest BCUT2D eigenvalue weighted by Gasteiger charge is 2.07. The smallest absolute Gasteiger partial charge is 0.236 e. The maximum atomic E-state index is 10.7. The summed E-state index contributed by atoms with van der Waals surface area (Å²) in [6.07, 6.45) is 0. The van der Waals surface area contributed by atoms with Gasteiger partial charge in [-0.05, 0) is 23.6 Å². The average Bonchev–Trinajstić information content (AvgIpc) is 2.25. The SMILES string of the molecule is COc1ccc(C(C)C)cc1NCC(N)=O. The Hall–Kier alpha value is -1.71. The van der Waals surface area contributed by atoms with E-state index in [1.807, 2.05) is 18.2 Å². The van der Waals surface area contributed by atoms with Gasteiger partial charge in [0, 0.05) is 0 Å². The van der Waals surface area contributed by atoms with Crippen LogP contribution in [-0.4, -0.2) is 19.6 Å². The molecule has 88 valence electrons. The van der Waals surface area contributed by atoms with Crippen molar-refractivity contribution in [2.24, 2.45) is 5.73 Å². The van der Waals surface area contributed by atoms with E-state index in [1.165, 1.54) is 5.56 Å². The Labute approximate surface area is 95.8 Å². The molecule has 0 fully saturated rings. The van der Waals surface area contributed by atoms with Gasteiger partial charge in [-0.3, -0.25) is 4.79 Å². The summed E-state index contributed by atoms with van der Waals surface area (Å²) >= 11 is 0. The summed E-state index contributed by atoms with van der Waals surface area (Å²) in [5.41, 5.74) is 7.07.